The van der Waals surface area contributed by atoms with Crippen LogP contribution in [0.2, 0.25) is 0 Å². The van der Waals surface area contributed by atoms with Gasteiger partial charge in [-0.1, -0.05) is 24.6 Å². The second-order valence-electron chi connectivity index (χ2n) is 5.48. The van der Waals surface area contributed by atoms with E-state index < -0.39 is 0 Å². The molecule has 20 heavy (non-hydrogen) atoms. The number of hydrogen-bond acceptors (Lipinski definition) is 3. The van der Waals surface area contributed by atoms with Gasteiger partial charge in [0.1, 0.15) is 0 Å². The Labute approximate surface area is 121 Å². The first-order valence-corrected chi connectivity index (χ1v) is 7.50. The van der Waals surface area contributed by atoms with Crippen LogP contribution in [0.1, 0.15) is 25.3 Å². The monoisotopic (exact) mass is 275 g/mol. The van der Waals surface area contributed by atoms with Gasteiger partial charge in [-0.3, -0.25) is 9.69 Å². The van der Waals surface area contributed by atoms with Crippen LogP contribution in [-0.4, -0.2) is 43.0 Å². The second-order valence-corrected chi connectivity index (χ2v) is 5.48. The molecule has 1 unspecified atom stereocenters. The van der Waals surface area contributed by atoms with Crippen molar-refractivity contribution in [2.45, 2.75) is 32.7 Å². The molecule has 1 aliphatic heterocycles. The van der Waals surface area contributed by atoms with Crippen molar-refractivity contribution in [1.29, 1.82) is 0 Å². The smallest absolute Gasteiger partial charge is 0.238 e. The third kappa shape index (κ3) is 4.32. The van der Waals surface area contributed by atoms with Crippen LogP contribution >= 0.6 is 0 Å². The van der Waals surface area contributed by atoms with Gasteiger partial charge in [0.25, 0.3) is 0 Å². The van der Waals surface area contributed by atoms with Crippen LogP contribution in [0.3, 0.4) is 0 Å². The normalized spacial score (nSPS) is 19.1. The minimum absolute atomic E-state index is 0.0706. The summed E-state index contributed by atoms with van der Waals surface area (Å²) in [7, 11) is 0. The molecule has 1 aliphatic rings. The molecule has 1 fully saturated rings. The van der Waals surface area contributed by atoms with Crippen molar-refractivity contribution in [2.75, 3.05) is 31.5 Å². The summed E-state index contributed by atoms with van der Waals surface area (Å²) in [5.41, 5.74) is 2.07. The summed E-state index contributed by atoms with van der Waals surface area (Å²) in [5, 5.41) is 6.38. The summed E-state index contributed by atoms with van der Waals surface area (Å²) in [6.45, 7) is 7.63. The first kappa shape index (κ1) is 15.0. The van der Waals surface area contributed by atoms with Crippen molar-refractivity contribution in [3.8, 4) is 0 Å². The fraction of sp³-hybridized carbons (Fsp3) is 0.562. The number of carbonyl (C=O) groups excluding carboxylic acids is 1. The van der Waals surface area contributed by atoms with Crippen LogP contribution in [0, 0.1) is 6.92 Å². The van der Waals surface area contributed by atoms with Crippen LogP contribution < -0.4 is 10.6 Å². The molecule has 1 amide bonds. The number of amides is 1. The maximum absolute atomic E-state index is 12.1. The molecule has 1 aromatic rings. The van der Waals surface area contributed by atoms with Crippen molar-refractivity contribution in [1.82, 2.24) is 10.2 Å². The molecule has 1 atom stereocenters. The topological polar surface area (TPSA) is 44.4 Å². The summed E-state index contributed by atoms with van der Waals surface area (Å²) in [6, 6.07) is 8.41. The fourth-order valence-corrected chi connectivity index (χ4v) is 2.67. The Hall–Kier alpha value is -1.39. The Balaban J connectivity index is 1.86. The molecule has 1 heterocycles. The van der Waals surface area contributed by atoms with Gasteiger partial charge >= 0.3 is 0 Å². The molecule has 1 saturated heterocycles. The van der Waals surface area contributed by atoms with Crippen molar-refractivity contribution in [2.24, 2.45) is 0 Å². The largest absolute Gasteiger partial charge is 0.325 e. The molecule has 0 bridgehead atoms. The number of anilines is 1. The second kappa shape index (κ2) is 7.41. The highest BCUT2D eigenvalue weighted by atomic mass is 16.2. The minimum atomic E-state index is 0.0706. The van der Waals surface area contributed by atoms with E-state index in [2.05, 4.69) is 22.5 Å². The highest BCUT2D eigenvalue weighted by Crippen LogP contribution is 2.12. The Morgan fingerprint density at radius 3 is 2.75 bits per heavy atom. The molecule has 4 nitrogen and oxygen atoms in total. The standard InChI is InChI=1S/C16H25N3O/c1-3-19(15-5-4-10-17-11-15)12-16(20)18-14-8-6-13(2)7-9-14/h6-9,15,17H,3-5,10-12H2,1-2H3,(H,18,20). The molecule has 1 aromatic carbocycles. The summed E-state index contributed by atoms with van der Waals surface area (Å²) >= 11 is 0. The number of aryl methyl sites for hydroxylation is 1. The van der Waals surface area contributed by atoms with Crippen molar-refractivity contribution >= 4 is 11.6 Å². The van der Waals surface area contributed by atoms with E-state index in [1.807, 2.05) is 31.2 Å². The molecule has 0 aliphatic carbocycles. The van der Waals surface area contributed by atoms with Crippen molar-refractivity contribution in [3.63, 3.8) is 0 Å². The number of hydrogen-bond donors (Lipinski definition) is 2. The molecule has 110 valence electrons. The third-order valence-electron chi connectivity index (χ3n) is 3.88. The first-order chi connectivity index (χ1) is 9.69. The predicted molar refractivity (Wildman–Crippen MR) is 82.9 cm³/mol. The lowest BCUT2D eigenvalue weighted by atomic mass is 10.1. The van der Waals surface area contributed by atoms with Crippen molar-refractivity contribution < 1.29 is 4.79 Å². The van der Waals surface area contributed by atoms with Crippen LogP contribution in [0.4, 0.5) is 5.69 Å². The van der Waals surface area contributed by atoms with Gasteiger partial charge in [-0.15, -0.1) is 0 Å². The molecule has 0 saturated carbocycles. The van der Waals surface area contributed by atoms with Crippen LogP contribution in [0.15, 0.2) is 24.3 Å². The molecule has 2 N–H and O–H groups in total. The Kier molecular flexibility index (Phi) is 5.56. The zero-order chi connectivity index (χ0) is 14.4. The lowest BCUT2D eigenvalue weighted by Gasteiger charge is -2.33. The molecular weight excluding hydrogens is 250 g/mol. The quantitative estimate of drug-likeness (QED) is 0.864. The maximum atomic E-state index is 12.1. The van der Waals surface area contributed by atoms with E-state index in [0.29, 0.717) is 12.6 Å². The first-order valence-electron chi connectivity index (χ1n) is 7.50. The number of rotatable bonds is 5. The van der Waals surface area contributed by atoms with Crippen LogP contribution in [0.5, 0.6) is 0 Å². The van der Waals surface area contributed by atoms with Gasteiger partial charge in [0.15, 0.2) is 0 Å². The minimum Gasteiger partial charge on any atom is -0.325 e. The number of nitrogens with one attached hydrogen (secondary N) is 2. The predicted octanol–water partition coefficient (Wildman–Crippen LogP) is 2.01. The van der Waals surface area contributed by atoms with E-state index in [4.69, 9.17) is 0 Å². The van der Waals surface area contributed by atoms with Gasteiger partial charge in [0.05, 0.1) is 6.54 Å². The van der Waals surface area contributed by atoms with E-state index >= 15 is 0 Å². The van der Waals surface area contributed by atoms with E-state index in [9.17, 15) is 4.79 Å². The highest BCUT2D eigenvalue weighted by Gasteiger charge is 2.21. The van der Waals surface area contributed by atoms with Crippen molar-refractivity contribution in [3.05, 3.63) is 29.8 Å². The van der Waals surface area contributed by atoms with Gasteiger partial charge in [0.2, 0.25) is 5.91 Å². The van der Waals surface area contributed by atoms with E-state index in [0.717, 1.165) is 25.3 Å². The zero-order valence-electron chi connectivity index (χ0n) is 12.5. The summed E-state index contributed by atoms with van der Waals surface area (Å²) < 4.78 is 0. The summed E-state index contributed by atoms with van der Waals surface area (Å²) in [6.07, 6.45) is 2.37. The third-order valence-corrected chi connectivity index (χ3v) is 3.88. The lowest BCUT2D eigenvalue weighted by Crippen LogP contribution is -2.48. The SMILES string of the molecule is CCN(CC(=O)Nc1ccc(C)cc1)C1CCCNC1. The average molecular weight is 275 g/mol. The Morgan fingerprint density at radius 1 is 1.40 bits per heavy atom. The number of carbonyl (C=O) groups is 1. The van der Waals surface area contributed by atoms with Gasteiger partial charge in [-0.05, 0) is 45.0 Å². The van der Waals surface area contributed by atoms with Gasteiger partial charge < -0.3 is 10.6 Å². The van der Waals surface area contributed by atoms with Gasteiger partial charge in [0, 0.05) is 18.3 Å². The maximum Gasteiger partial charge on any atom is 0.238 e. The zero-order valence-corrected chi connectivity index (χ0v) is 12.5. The van der Waals surface area contributed by atoms with Gasteiger partial charge in [-0.25, -0.2) is 0 Å². The number of benzene rings is 1. The number of piperidine rings is 1. The highest BCUT2D eigenvalue weighted by molar-refractivity contribution is 5.92. The van der Waals surface area contributed by atoms with Crippen LogP contribution in [0.25, 0.3) is 0 Å². The molecule has 2 rings (SSSR count). The average Bonchev–Trinajstić information content (AvgIpc) is 2.48. The van der Waals surface area contributed by atoms with Gasteiger partial charge in [-0.2, -0.15) is 0 Å². The van der Waals surface area contributed by atoms with E-state index in [1.165, 1.54) is 18.4 Å². The Morgan fingerprint density at radius 2 is 2.15 bits per heavy atom. The van der Waals surface area contributed by atoms with E-state index in [-0.39, 0.29) is 5.91 Å². The number of likely N-dealkylation sites (N-methyl/N-ethyl adjacent to an activating group) is 1. The Bertz CT molecular complexity index is 424. The van der Waals surface area contributed by atoms with E-state index in [1.54, 1.807) is 0 Å². The fourth-order valence-electron chi connectivity index (χ4n) is 2.67. The summed E-state index contributed by atoms with van der Waals surface area (Å²) in [4.78, 5) is 14.4. The molecule has 0 spiro atoms. The molecular formula is C16H25N3O. The molecule has 0 aromatic heterocycles. The molecule has 0 radical (unpaired) electrons. The number of nitrogens with zero attached hydrogens (tertiary/aromatic N) is 1. The molecule has 4 heteroatoms. The van der Waals surface area contributed by atoms with Crippen LogP contribution in [-0.2, 0) is 4.79 Å². The summed E-state index contributed by atoms with van der Waals surface area (Å²) in [5.74, 6) is 0.0706. The lowest BCUT2D eigenvalue weighted by molar-refractivity contribution is -0.117.